The molecule has 8 nitrogen and oxygen atoms in total. The van der Waals surface area contributed by atoms with E-state index >= 15 is 0 Å². The zero-order valence-electron chi connectivity index (χ0n) is 14.6. The van der Waals surface area contributed by atoms with Gasteiger partial charge in [0.05, 0.1) is 17.4 Å². The standard InChI is InChI=1S/C18H20N4O4/c1-12(2)9-21-17(24)13-5-3-4-6-14(13)22-16(23)11-26-18(25)15-10-19-7-8-20-15/h3-8,10,12H,9,11H2,1-2H3,(H,21,24)(H,22,23). The van der Waals surface area contributed by atoms with Crippen molar-refractivity contribution in [1.29, 1.82) is 0 Å². The van der Waals surface area contributed by atoms with Gasteiger partial charge in [-0.2, -0.15) is 0 Å². The molecule has 1 heterocycles. The molecule has 1 aromatic heterocycles. The number of nitrogens with zero attached hydrogens (tertiary/aromatic N) is 2. The minimum atomic E-state index is -0.754. The van der Waals surface area contributed by atoms with Gasteiger partial charge in [0, 0.05) is 18.9 Å². The number of esters is 1. The summed E-state index contributed by atoms with van der Waals surface area (Å²) in [6.07, 6.45) is 4.02. The lowest BCUT2D eigenvalue weighted by atomic mass is 10.1. The SMILES string of the molecule is CC(C)CNC(=O)c1ccccc1NC(=O)COC(=O)c1cnccn1. The molecule has 0 fully saturated rings. The topological polar surface area (TPSA) is 110 Å². The van der Waals surface area contributed by atoms with E-state index in [2.05, 4.69) is 20.6 Å². The molecular formula is C18H20N4O4. The van der Waals surface area contributed by atoms with Crippen LogP contribution in [-0.4, -0.2) is 40.9 Å². The van der Waals surface area contributed by atoms with E-state index in [1.807, 2.05) is 13.8 Å². The van der Waals surface area contributed by atoms with Crippen molar-refractivity contribution in [1.82, 2.24) is 15.3 Å². The molecule has 26 heavy (non-hydrogen) atoms. The highest BCUT2D eigenvalue weighted by Crippen LogP contribution is 2.15. The van der Waals surface area contributed by atoms with Crippen molar-refractivity contribution in [3.05, 3.63) is 54.1 Å². The Kier molecular flexibility index (Phi) is 6.78. The largest absolute Gasteiger partial charge is 0.451 e. The number of ether oxygens (including phenoxy) is 1. The molecule has 136 valence electrons. The van der Waals surface area contributed by atoms with Crippen molar-refractivity contribution in [3.8, 4) is 0 Å². The summed E-state index contributed by atoms with van der Waals surface area (Å²) in [5.74, 6) is -1.30. The second kappa shape index (κ2) is 9.26. The molecule has 0 aliphatic rings. The van der Waals surface area contributed by atoms with Crippen LogP contribution in [0.3, 0.4) is 0 Å². The van der Waals surface area contributed by atoms with Gasteiger partial charge in [-0.3, -0.25) is 14.6 Å². The Morgan fingerprint density at radius 2 is 1.92 bits per heavy atom. The zero-order valence-corrected chi connectivity index (χ0v) is 14.6. The number of para-hydroxylation sites is 1. The summed E-state index contributed by atoms with van der Waals surface area (Å²) in [4.78, 5) is 43.6. The molecular weight excluding hydrogens is 336 g/mol. The molecule has 0 saturated carbocycles. The lowest BCUT2D eigenvalue weighted by Gasteiger charge is -2.12. The number of anilines is 1. The van der Waals surface area contributed by atoms with Gasteiger partial charge in [0.2, 0.25) is 0 Å². The third-order valence-electron chi connectivity index (χ3n) is 3.22. The number of hydrogen-bond donors (Lipinski definition) is 2. The average molecular weight is 356 g/mol. The van der Waals surface area contributed by atoms with Crippen LogP contribution < -0.4 is 10.6 Å². The van der Waals surface area contributed by atoms with Gasteiger partial charge >= 0.3 is 5.97 Å². The van der Waals surface area contributed by atoms with Crippen LogP contribution in [0, 0.1) is 5.92 Å². The van der Waals surface area contributed by atoms with Crippen molar-refractivity contribution >= 4 is 23.5 Å². The third-order valence-corrected chi connectivity index (χ3v) is 3.22. The predicted molar refractivity (Wildman–Crippen MR) is 94.6 cm³/mol. The van der Waals surface area contributed by atoms with Gasteiger partial charge in [-0.05, 0) is 18.1 Å². The first-order valence-electron chi connectivity index (χ1n) is 8.07. The third kappa shape index (κ3) is 5.66. The van der Waals surface area contributed by atoms with Crippen molar-refractivity contribution in [3.63, 3.8) is 0 Å². The first-order chi connectivity index (χ1) is 12.5. The Labute approximate surface area is 151 Å². The van der Waals surface area contributed by atoms with E-state index in [1.165, 1.54) is 18.6 Å². The molecule has 2 aromatic rings. The first kappa shape index (κ1) is 19.0. The van der Waals surface area contributed by atoms with E-state index in [9.17, 15) is 14.4 Å². The zero-order chi connectivity index (χ0) is 18.9. The lowest BCUT2D eigenvalue weighted by Crippen LogP contribution is -2.29. The predicted octanol–water partition coefficient (Wildman–Crippen LogP) is 1.66. The Balaban J connectivity index is 1.94. The van der Waals surface area contributed by atoms with Gasteiger partial charge in [0.25, 0.3) is 11.8 Å². The number of carbonyl (C=O) groups excluding carboxylic acids is 3. The minimum absolute atomic E-state index is 0.00811. The Hall–Kier alpha value is -3.29. The molecule has 8 heteroatoms. The molecule has 0 atom stereocenters. The number of hydrogen-bond acceptors (Lipinski definition) is 6. The normalized spacial score (nSPS) is 10.3. The molecule has 0 spiro atoms. The highest BCUT2D eigenvalue weighted by atomic mass is 16.5. The summed E-state index contributed by atoms with van der Waals surface area (Å²) in [5.41, 5.74) is 0.685. The van der Waals surface area contributed by atoms with Crippen LogP contribution in [0.15, 0.2) is 42.9 Å². The van der Waals surface area contributed by atoms with Gasteiger partial charge in [0.15, 0.2) is 12.3 Å². The second-order valence-corrected chi connectivity index (χ2v) is 5.86. The van der Waals surface area contributed by atoms with E-state index in [1.54, 1.807) is 24.3 Å². The van der Waals surface area contributed by atoms with E-state index < -0.39 is 18.5 Å². The average Bonchev–Trinajstić information content (AvgIpc) is 2.65. The Bertz CT molecular complexity index is 778. The molecule has 2 rings (SSSR count). The van der Waals surface area contributed by atoms with Crippen LogP contribution in [0.5, 0.6) is 0 Å². The number of aromatic nitrogens is 2. The monoisotopic (exact) mass is 356 g/mol. The summed E-state index contributed by atoms with van der Waals surface area (Å²) in [7, 11) is 0. The van der Waals surface area contributed by atoms with Gasteiger partial charge in [-0.15, -0.1) is 0 Å². The van der Waals surface area contributed by atoms with Crippen LogP contribution >= 0.6 is 0 Å². The number of benzene rings is 1. The Morgan fingerprint density at radius 1 is 1.15 bits per heavy atom. The quantitative estimate of drug-likeness (QED) is 0.730. The minimum Gasteiger partial charge on any atom is -0.451 e. The van der Waals surface area contributed by atoms with Gasteiger partial charge in [0.1, 0.15) is 0 Å². The number of nitrogens with one attached hydrogen (secondary N) is 2. The molecule has 0 aliphatic heterocycles. The fourth-order valence-corrected chi connectivity index (χ4v) is 1.98. The van der Waals surface area contributed by atoms with Crippen LogP contribution in [0.4, 0.5) is 5.69 Å². The fourth-order valence-electron chi connectivity index (χ4n) is 1.98. The smallest absolute Gasteiger partial charge is 0.359 e. The fraction of sp³-hybridized carbons (Fsp3) is 0.278. The second-order valence-electron chi connectivity index (χ2n) is 5.86. The number of amides is 2. The molecule has 2 N–H and O–H groups in total. The van der Waals surface area contributed by atoms with Crippen LogP contribution in [0.2, 0.25) is 0 Å². The molecule has 0 unspecified atom stereocenters. The van der Waals surface area contributed by atoms with Crippen LogP contribution in [0.25, 0.3) is 0 Å². The summed E-state index contributed by atoms with van der Waals surface area (Å²) in [5, 5.41) is 5.37. The molecule has 2 amide bonds. The highest BCUT2D eigenvalue weighted by Gasteiger charge is 2.15. The number of rotatable bonds is 7. The maximum Gasteiger partial charge on any atom is 0.359 e. The van der Waals surface area contributed by atoms with E-state index in [0.29, 0.717) is 23.7 Å². The maximum absolute atomic E-state index is 12.2. The van der Waals surface area contributed by atoms with Crippen molar-refractivity contribution in [2.75, 3.05) is 18.5 Å². The van der Waals surface area contributed by atoms with Crippen LogP contribution in [0.1, 0.15) is 34.7 Å². The molecule has 0 saturated heterocycles. The molecule has 0 bridgehead atoms. The van der Waals surface area contributed by atoms with Crippen molar-refractivity contribution in [2.45, 2.75) is 13.8 Å². The van der Waals surface area contributed by atoms with Crippen LogP contribution in [-0.2, 0) is 9.53 Å². The molecule has 0 aliphatic carbocycles. The highest BCUT2D eigenvalue weighted by molar-refractivity contribution is 6.04. The van der Waals surface area contributed by atoms with E-state index in [4.69, 9.17) is 4.74 Å². The van der Waals surface area contributed by atoms with Gasteiger partial charge in [-0.25, -0.2) is 9.78 Å². The van der Waals surface area contributed by atoms with Gasteiger partial charge < -0.3 is 15.4 Å². The first-order valence-corrected chi connectivity index (χ1v) is 8.07. The van der Waals surface area contributed by atoms with Gasteiger partial charge in [-0.1, -0.05) is 26.0 Å². The van der Waals surface area contributed by atoms with Crippen molar-refractivity contribution in [2.24, 2.45) is 5.92 Å². The number of carbonyl (C=O) groups is 3. The summed E-state index contributed by atoms with van der Waals surface area (Å²) >= 11 is 0. The Morgan fingerprint density at radius 3 is 2.62 bits per heavy atom. The molecule has 0 radical (unpaired) electrons. The summed E-state index contributed by atoms with van der Waals surface area (Å²) in [6, 6.07) is 6.61. The van der Waals surface area contributed by atoms with E-state index in [0.717, 1.165) is 0 Å². The molecule has 1 aromatic carbocycles. The van der Waals surface area contributed by atoms with Crippen molar-refractivity contribution < 1.29 is 19.1 Å². The maximum atomic E-state index is 12.2. The lowest BCUT2D eigenvalue weighted by molar-refractivity contribution is -0.119. The summed E-state index contributed by atoms with van der Waals surface area (Å²) in [6.45, 7) is 3.99. The van der Waals surface area contributed by atoms with E-state index in [-0.39, 0.29) is 11.6 Å². The summed E-state index contributed by atoms with van der Waals surface area (Å²) < 4.78 is 4.89.